The first-order valence-corrected chi connectivity index (χ1v) is 10.3. The zero-order chi connectivity index (χ0) is 18.5. The number of thiocarbonyl (C=S) groups is 1. The number of benzene rings is 2. The van der Waals surface area contributed by atoms with E-state index in [0.717, 1.165) is 38.7 Å². The Bertz CT molecular complexity index is 916. The van der Waals surface area contributed by atoms with Crippen LogP contribution in [0, 0.1) is 0 Å². The van der Waals surface area contributed by atoms with Gasteiger partial charge in [-0.1, -0.05) is 48.6 Å². The molecular weight excluding hydrogens is 364 g/mol. The van der Waals surface area contributed by atoms with Gasteiger partial charge in [0.15, 0.2) is 0 Å². The summed E-state index contributed by atoms with van der Waals surface area (Å²) in [6.07, 6.45) is 0.875. The van der Waals surface area contributed by atoms with Gasteiger partial charge in [0.05, 0.1) is 5.52 Å². The number of aromatic nitrogens is 2. The first-order valence-electron chi connectivity index (χ1n) is 8.18. The van der Waals surface area contributed by atoms with Crippen LogP contribution in [0.5, 0.6) is 0 Å². The van der Waals surface area contributed by atoms with E-state index in [9.17, 15) is 0 Å². The molecule has 2 aromatic carbocycles. The van der Waals surface area contributed by atoms with Gasteiger partial charge < -0.3 is 16.9 Å². The second-order valence-electron chi connectivity index (χ2n) is 5.93. The summed E-state index contributed by atoms with van der Waals surface area (Å²) in [7, 11) is -0.565. The molecule has 136 valence electrons. The maximum absolute atomic E-state index is 5.98. The number of nitrogen functional groups attached to an aromatic ring is 2. The molecule has 0 saturated carbocycles. The van der Waals surface area contributed by atoms with Crippen molar-refractivity contribution in [3.8, 4) is 0 Å². The molecule has 1 unspecified atom stereocenters. The number of nitrogens with one attached hydrogen (secondary N) is 1. The summed E-state index contributed by atoms with van der Waals surface area (Å²) < 4.78 is 0.736. The van der Waals surface area contributed by atoms with E-state index in [2.05, 4.69) is 27.5 Å². The van der Waals surface area contributed by atoms with E-state index >= 15 is 0 Å². The van der Waals surface area contributed by atoms with E-state index in [4.69, 9.17) is 29.5 Å². The normalized spacial score (nSPS) is 12.7. The van der Waals surface area contributed by atoms with Gasteiger partial charge in [-0.3, -0.25) is 0 Å². The van der Waals surface area contributed by atoms with Gasteiger partial charge >= 0.3 is 0 Å². The number of thiol groups is 1. The zero-order valence-electron chi connectivity index (χ0n) is 14.2. The van der Waals surface area contributed by atoms with Gasteiger partial charge in [-0.25, -0.2) is 10.8 Å². The van der Waals surface area contributed by atoms with Crippen LogP contribution in [0.2, 0.25) is 0 Å². The maximum atomic E-state index is 5.98. The molecule has 0 spiro atoms. The summed E-state index contributed by atoms with van der Waals surface area (Å²) >= 11 is 5.44. The maximum Gasteiger partial charge on any atom is 0.222 e. The summed E-state index contributed by atoms with van der Waals surface area (Å²) in [5, 5.41) is 0.823. The third-order valence-corrected chi connectivity index (χ3v) is 7.21. The fourth-order valence-electron chi connectivity index (χ4n) is 2.78. The second-order valence-corrected chi connectivity index (χ2v) is 8.93. The number of aryl methyl sites for hydroxylation is 1. The molecule has 0 bridgehead atoms. The second kappa shape index (κ2) is 8.31. The Morgan fingerprint density at radius 2 is 1.81 bits per heavy atom. The fraction of sp³-hybridized carbons (Fsp3) is 0.167. The van der Waals surface area contributed by atoms with Gasteiger partial charge in [0.1, 0.15) is 10.1 Å². The molecule has 1 heterocycles. The molecule has 6 nitrogen and oxygen atoms in total. The lowest BCUT2D eigenvalue weighted by Gasteiger charge is -2.22. The molecule has 7 N–H and O–H groups in total. The quantitative estimate of drug-likeness (QED) is 0.198. The predicted octanol–water partition coefficient (Wildman–Crippen LogP) is 2.29. The van der Waals surface area contributed by atoms with Crippen molar-refractivity contribution in [2.75, 3.05) is 17.2 Å². The molecular formula is C18H22N6S2. The minimum Gasteiger partial charge on any atom is -0.383 e. The van der Waals surface area contributed by atoms with Gasteiger partial charge in [0.2, 0.25) is 5.95 Å². The summed E-state index contributed by atoms with van der Waals surface area (Å²) in [5.41, 5.74) is 17.5. The zero-order valence-corrected chi connectivity index (χ0v) is 15.9. The van der Waals surface area contributed by atoms with Gasteiger partial charge in [0.25, 0.3) is 0 Å². The number of nitrogens with two attached hydrogens (primary N) is 3. The summed E-state index contributed by atoms with van der Waals surface area (Å²) in [5.74, 6) is 8.03. The number of rotatable bonds is 5. The third-order valence-electron chi connectivity index (χ3n) is 4.10. The highest BCUT2D eigenvalue weighted by Crippen LogP contribution is 2.32. The van der Waals surface area contributed by atoms with Crippen LogP contribution >= 0.6 is 23.1 Å². The van der Waals surface area contributed by atoms with Crippen LogP contribution in [-0.4, -0.2) is 20.0 Å². The number of nitrogens with zero attached hydrogens (tertiary/aromatic N) is 2. The molecule has 1 aromatic heterocycles. The summed E-state index contributed by atoms with van der Waals surface area (Å²) in [6, 6.07) is 16.3. The number of fused-ring (bicyclic) bond motifs is 1. The van der Waals surface area contributed by atoms with Crippen molar-refractivity contribution in [2.24, 2.45) is 5.84 Å². The highest BCUT2D eigenvalue weighted by molar-refractivity contribution is 8.35. The smallest absolute Gasteiger partial charge is 0.222 e. The lowest BCUT2D eigenvalue weighted by atomic mass is 10.1. The van der Waals surface area contributed by atoms with E-state index < -0.39 is 10.9 Å². The van der Waals surface area contributed by atoms with Crippen LogP contribution in [0.1, 0.15) is 11.1 Å². The van der Waals surface area contributed by atoms with Crippen molar-refractivity contribution in [1.29, 1.82) is 0 Å². The molecule has 26 heavy (non-hydrogen) atoms. The lowest BCUT2D eigenvalue weighted by Crippen LogP contribution is -2.29. The standard InChI is InChI=1S/C18H22N6S2/c19-16-14-10-12(6-7-15(14)22-17(20)23-16)8-9-26(18(25)24-21)11-13-4-2-1-3-5-13/h1-7,10,26H,8-9,11,21H2,(H,24,25)(H4,19,20,22,23). The largest absolute Gasteiger partial charge is 0.383 e. The molecule has 8 heteroatoms. The Kier molecular flexibility index (Phi) is 5.87. The van der Waals surface area contributed by atoms with E-state index in [1.54, 1.807) is 0 Å². The molecule has 0 fully saturated rings. The van der Waals surface area contributed by atoms with Crippen molar-refractivity contribution in [3.05, 3.63) is 59.7 Å². The Labute approximate surface area is 160 Å². The highest BCUT2D eigenvalue weighted by Gasteiger charge is 2.12. The minimum absolute atomic E-state index is 0.188. The van der Waals surface area contributed by atoms with Crippen molar-refractivity contribution in [3.63, 3.8) is 0 Å². The number of hydrogen-bond acceptors (Lipinski definition) is 6. The average Bonchev–Trinajstić information content (AvgIpc) is 2.65. The van der Waals surface area contributed by atoms with E-state index in [1.165, 1.54) is 5.56 Å². The molecule has 0 aliphatic rings. The van der Waals surface area contributed by atoms with Crippen LogP contribution in [0.3, 0.4) is 0 Å². The molecule has 3 rings (SSSR count). The molecule has 3 aromatic rings. The fourth-order valence-corrected chi connectivity index (χ4v) is 5.12. The molecule has 0 radical (unpaired) electrons. The first-order chi connectivity index (χ1) is 12.6. The van der Waals surface area contributed by atoms with Crippen molar-refractivity contribution in [2.45, 2.75) is 12.2 Å². The molecule has 0 aliphatic carbocycles. The SMILES string of the molecule is NNC(=S)[SH](CCc1ccc2nc(N)nc(N)c2c1)Cc1ccccc1. The predicted molar refractivity (Wildman–Crippen MR) is 116 cm³/mol. The topological polar surface area (TPSA) is 116 Å². The number of hydrazine groups is 1. The van der Waals surface area contributed by atoms with Gasteiger partial charge in [0, 0.05) is 11.1 Å². The van der Waals surface area contributed by atoms with E-state index in [-0.39, 0.29) is 5.95 Å². The van der Waals surface area contributed by atoms with Gasteiger partial charge in [-0.05, 0) is 35.4 Å². The van der Waals surface area contributed by atoms with E-state index in [1.807, 2.05) is 36.4 Å². The van der Waals surface area contributed by atoms with Crippen LogP contribution in [0.15, 0.2) is 48.5 Å². The lowest BCUT2D eigenvalue weighted by molar-refractivity contribution is 1.06. The Hall–Kier alpha value is -2.42. The van der Waals surface area contributed by atoms with Crippen molar-refractivity contribution in [1.82, 2.24) is 15.4 Å². The molecule has 1 atom stereocenters. The van der Waals surface area contributed by atoms with Crippen LogP contribution in [-0.2, 0) is 12.2 Å². The summed E-state index contributed by atoms with van der Waals surface area (Å²) in [4.78, 5) is 8.25. The Morgan fingerprint density at radius 1 is 1.04 bits per heavy atom. The molecule has 0 saturated heterocycles. The van der Waals surface area contributed by atoms with Crippen molar-refractivity contribution < 1.29 is 0 Å². The monoisotopic (exact) mass is 386 g/mol. The van der Waals surface area contributed by atoms with Gasteiger partial charge in [-0.15, -0.1) is 0 Å². The van der Waals surface area contributed by atoms with Crippen LogP contribution in [0.4, 0.5) is 11.8 Å². The number of anilines is 2. The van der Waals surface area contributed by atoms with E-state index in [0.29, 0.717) is 5.82 Å². The minimum atomic E-state index is -0.565. The van der Waals surface area contributed by atoms with Crippen molar-refractivity contribution >= 4 is 50.1 Å². The number of hydrogen-bond donors (Lipinski definition) is 5. The highest BCUT2D eigenvalue weighted by atomic mass is 32.2. The molecule has 0 aliphatic heterocycles. The summed E-state index contributed by atoms with van der Waals surface area (Å²) in [6.45, 7) is 0. The Balaban J connectivity index is 1.76. The Morgan fingerprint density at radius 3 is 2.54 bits per heavy atom. The van der Waals surface area contributed by atoms with Crippen LogP contribution < -0.4 is 22.7 Å². The third kappa shape index (κ3) is 4.40. The first kappa shape index (κ1) is 18.4. The average molecular weight is 387 g/mol. The van der Waals surface area contributed by atoms with Gasteiger partial charge in [-0.2, -0.15) is 15.9 Å². The molecule has 0 amide bonds. The van der Waals surface area contributed by atoms with Crippen LogP contribution in [0.25, 0.3) is 10.9 Å².